The number of benzene rings is 2. The summed E-state index contributed by atoms with van der Waals surface area (Å²) in [6, 6.07) is 16.9. The van der Waals surface area contributed by atoms with Crippen LogP contribution in [0.4, 0.5) is 0 Å². The van der Waals surface area contributed by atoms with E-state index in [-0.39, 0.29) is 0 Å². The largest absolute Gasteiger partial charge is 0.363 e. The SMILES string of the molecule is C=Cc1ccc(CN(Cc2ccccc2)C(=S)NCC)cc1C. The van der Waals surface area contributed by atoms with Crippen molar-refractivity contribution < 1.29 is 0 Å². The molecule has 0 aromatic heterocycles. The molecule has 3 heteroatoms. The van der Waals surface area contributed by atoms with Gasteiger partial charge in [0.2, 0.25) is 0 Å². The van der Waals surface area contributed by atoms with E-state index in [1.54, 1.807) is 0 Å². The fourth-order valence-electron chi connectivity index (χ4n) is 2.55. The van der Waals surface area contributed by atoms with E-state index in [2.05, 4.69) is 73.1 Å². The van der Waals surface area contributed by atoms with Gasteiger partial charge in [0, 0.05) is 19.6 Å². The van der Waals surface area contributed by atoms with Gasteiger partial charge in [-0.3, -0.25) is 0 Å². The minimum absolute atomic E-state index is 0.791. The first kappa shape index (κ1) is 17.2. The second kappa shape index (κ2) is 8.49. The summed E-state index contributed by atoms with van der Waals surface area (Å²) in [6.45, 7) is 10.5. The topological polar surface area (TPSA) is 15.3 Å². The predicted octanol–water partition coefficient (Wildman–Crippen LogP) is 4.53. The lowest BCUT2D eigenvalue weighted by molar-refractivity contribution is 0.400. The summed E-state index contributed by atoms with van der Waals surface area (Å²) in [4.78, 5) is 2.20. The minimum atomic E-state index is 0.791. The van der Waals surface area contributed by atoms with E-state index in [0.717, 1.165) is 24.7 Å². The Morgan fingerprint density at radius 2 is 1.83 bits per heavy atom. The molecule has 0 unspecified atom stereocenters. The van der Waals surface area contributed by atoms with Gasteiger partial charge in [0.1, 0.15) is 0 Å². The first-order valence-corrected chi connectivity index (χ1v) is 8.33. The second-order valence-electron chi connectivity index (χ2n) is 5.57. The summed E-state index contributed by atoms with van der Waals surface area (Å²) in [5, 5.41) is 4.06. The Morgan fingerprint density at radius 3 is 2.43 bits per heavy atom. The number of rotatable bonds is 6. The molecule has 0 heterocycles. The van der Waals surface area contributed by atoms with Crippen LogP contribution < -0.4 is 5.32 Å². The molecular formula is C20H24N2S. The van der Waals surface area contributed by atoms with Gasteiger partial charge in [-0.2, -0.15) is 0 Å². The first-order valence-electron chi connectivity index (χ1n) is 7.92. The third kappa shape index (κ3) is 4.93. The average Bonchev–Trinajstić information content (AvgIpc) is 2.55. The molecule has 0 atom stereocenters. The Bertz CT molecular complexity index is 665. The fraction of sp³-hybridized carbons (Fsp3) is 0.250. The third-order valence-corrected chi connectivity index (χ3v) is 4.16. The zero-order chi connectivity index (χ0) is 16.7. The highest BCUT2D eigenvalue weighted by molar-refractivity contribution is 7.80. The van der Waals surface area contributed by atoms with Crippen molar-refractivity contribution in [1.29, 1.82) is 0 Å². The normalized spacial score (nSPS) is 10.2. The first-order chi connectivity index (χ1) is 11.1. The van der Waals surface area contributed by atoms with Crippen molar-refractivity contribution in [3.05, 3.63) is 77.4 Å². The van der Waals surface area contributed by atoms with Crippen molar-refractivity contribution >= 4 is 23.4 Å². The highest BCUT2D eigenvalue weighted by atomic mass is 32.1. The lowest BCUT2D eigenvalue weighted by Gasteiger charge is -2.26. The van der Waals surface area contributed by atoms with Gasteiger partial charge in [0.05, 0.1) is 0 Å². The van der Waals surface area contributed by atoms with Crippen LogP contribution in [0, 0.1) is 6.92 Å². The molecule has 2 aromatic carbocycles. The molecule has 0 fully saturated rings. The van der Waals surface area contributed by atoms with Crippen molar-refractivity contribution in [2.24, 2.45) is 0 Å². The maximum Gasteiger partial charge on any atom is 0.169 e. The van der Waals surface area contributed by atoms with Crippen LogP contribution in [0.5, 0.6) is 0 Å². The molecule has 1 N–H and O–H groups in total. The maximum absolute atomic E-state index is 5.55. The molecule has 2 nitrogen and oxygen atoms in total. The number of nitrogens with zero attached hydrogens (tertiary/aromatic N) is 1. The molecule has 0 aliphatic rings. The van der Waals surface area contributed by atoms with Crippen molar-refractivity contribution in [2.45, 2.75) is 26.9 Å². The Morgan fingerprint density at radius 1 is 1.13 bits per heavy atom. The number of thiocarbonyl (C=S) groups is 1. The van der Waals surface area contributed by atoms with Crippen LogP contribution in [-0.4, -0.2) is 16.6 Å². The minimum Gasteiger partial charge on any atom is -0.363 e. The van der Waals surface area contributed by atoms with Crippen LogP contribution in [0.3, 0.4) is 0 Å². The average molecular weight is 324 g/mol. The summed E-state index contributed by atoms with van der Waals surface area (Å²) in [5.41, 5.74) is 4.93. The van der Waals surface area contributed by atoms with Crippen LogP contribution >= 0.6 is 12.2 Å². The maximum atomic E-state index is 5.55. The zero-order valence-electron chi connectivity index (χ0n) is 13.9. The molecule has 0 spiro atoms. The van der Waals surface area contributed by atoms with E-state index in [9.17, 15) is 0 Å². The molecule has 0 radical (unpaired) electrons. The van der Waals surface area contributed by atoms with E-state index in [1.165, 1.54) is 22.3 Å². The third-order valence-electron chi connectivity index (χ3n) is 3.76. The monoisotopic (exact) mass is 324 g/mol. The van der Waals surface area contributed by atoms with Crippen molar-refractivity contribution in [2.75, 3.05) is 6.54 Å². The van der Waals surface area contributed by atoms with Gasteiger partial charge >= 0.3 is 0 Å². The summed E-state index contributed by atoms with van der Waals surface area (Å²) < 4.78 is 0. The standard InChI is InChI=1S/C20H24N2S/c1-4-19-12-11-18(13-16(19)3)15-22(20(23)21-5-2)14-17-9-7-6-8-10-17/h4,6-13H,1,5,14-15H2,2-3H3,(H,21,23). The molecule has 0 bridgehead atoms. The van der Waals surface area contributed by atoms with Crippen LogP contribution in [0.15, 0.2) is 55.1 Å². The molecule has 0 saturated heterocycles. The molecular weight excluding hydrogens is 300 g/mol. The smallest absolute Gasteiger partial charge is 0.169 e. The molecule has 0 amide bonds. The molecule has 0 aliphatic heterocycles. The van der Waals surface area contributed by atoms with Gasteiger partial charge in [-0.05, 0) is 48.3 Å². The van der Waals surface area contributed by atoms with Crippen LogP contribution in [0.25, 0.3) is 6.08 Å². The summed E-state index contributed by atoms with van der Waals surface area (Å²) in [6.07, 6.45) is 1.89. The van der Waals surface area contributed by atoms with Gasteiger partial charge in [-0.25, -0.2) is 0 Å². The highest BCUT2D eigenvalue weighted by Crippen LogP contribution is 2.15. The van der Waals surface area contributed by atoms with Crippen LogP contribution in [-0.2, 0) is 13.1 Å². The molecule has 0 aliphatic carbocycles. The number of hydrogen-bond acceptors (Lipinski definition) is 1. The van der Waals surface area contributed by atoms with Crippen LogP contribution in [0.1, 0.15) is 29.2 Å². The van der Waals surface area contributed by atoms with Crippen molar-refractivity contribution in [1.82, 2.24) is 10.2 Å². The summed E-state index contributed by atoms with van der Waals surface area (Å²) in [5.74, 6) is 0. The summed E-state index contributed by atoms with van der Waals surface area (Å²) >= 11 is 5.55. The van der Waals surface area contributed by atoms with Gasteiger partial charge in [-0.1, -0.05) is 61.2 Å². The number of hydrogen-bond donors (Lipinski definition) is 1. The van der Waals surface area contributed by atoms with Crippen molar-refractivity contribution in [3.8, 4) is 0 Å². The molecule has 2 aromatic rings. The molecule has 0 saturated carbocycles. The summed E-state index contributed by atoms with van der Waals surface area (Å²) in [7, 11) is 0. The van der Waals surface area contributed by atoms with Gasteiger partial charge in [0.15, 0.2) is 5.11 Å². The fourth-order valence-corrected chi connectivity index (χ4v) is 2.83. The van der Waals surface area contributed by atoms with Crippen molar-refractivity contribution in [3.63, 3.8) is 0 Å². The van der Waals surface area contributed by atoms with E-state index < -0.39 is 0 Å². The van der Waals surface area contributed by atoms with Gasteiger partial charge in [-0.15, -0.1) is 0 Å². The lowest BCUT2D eigenvalue weighted by atomic mass is 10.0. The quantitative estimate of drug-likeness (QED) is 0.786. The van der Waals surface area contributed by atoms with E-state index in [0.29, 0.717) is 0 Å². The number of nitrogens with one attached hydrogen (secondary N) is 1. The molecule has 2 rings (SSSR count). The molecule has 23 heavy (non-hydrogen) atoms. The van der Waals surface area contributed by atoms with Gasteiger partial charge in [0.25, 0.3) is 0 Å². The zero-order valence-corrected chi connectivity index (χ0v) is 14.7. The predicted molar refractivity (Wildman–Crippen MR) is 103 cm³/mol. The Hall–Kier alpha value is -2.13. The van der Waals surface area contributed by atoms with E-state index in [1.807, 2.05) is 12.1 Å². The lowest BCUT2D eigenvalue weighted by Crippen LogP contribution is -2.38. The Kier molecular flexibility index (Phi) is 6.36. The highest BCUT2D eigenvalue weighted by Gasteiger charge is 2.11. The number of aryl methyl sites for hydroxylation is 1. The second-order valence-corrected chi connectivity index (χ2v) is 5.96. The van der Waals surface area contributed by atoms with E-state index >= 15 is 0 Å². The Balaban J connectivity index is 2.18. The Labute approximate surface area is 144 Å². The molecule has 120 valence electrons. The van der Waals surface area contributed by atoms with Crippen LogP contribution in [0.2, 0.25) is 0 Å². The van der Waals surface area contributed by atoms with Gasteiger partial charge < -0.3 is 10.2 Å². The van der Waals surface area contributed by atoms with E-state index in [4.69, 9.17) is 12.2 Å².